The van der Waals surface area contributed by atoms with Gasteiger partial charge in [0.1, 0.15) is 8.07 Å². The molecule has 0 aromatic heterocycles. The second-order valence-corrected chi connectivity index (χ2v) is 11.4. The largest absolute Gasteiger partial charge is 0.467 e. The monoisotopic (exact) mass is 321 g/mol. The first kappa shape index (κ1) is 20.2. The summed E-state index contributed by atoms with van der Waals surface area (Å²) < 4.78 is 4.88. The van der Waals surface area contributed by atoms with Crippen LogP contribution in [0, 0.1) is 17.4 Å². The van der Waals surface area contributed by atoms with E-state index in [1.54, 1.807) is 19.1 Å². The minimum atomic E-state index is -1.66. The SMILES string of the molecule is CC=C=CC(CC(C)C)(NC(=O)C#C[Si](C)(C)C)C(=O)OC. The van der Waals surface area contributed by atoms with Gasteiger partial charge in [-0.2, -0.15) is 0 Å². The van der Waals surface area contributed by atoms with E-state index in [4.69, 9.17) is 4.74 Å². The summed E-state index contributed by atoms with van der Waals surface area (Å²) in [4.78, 5) is 24.4. The van der Waals surface area contributed by atoms with E-state index in [0.717, 1.165) is 0 Å². The molecule has 4 nitrogen and oxygen atoms in total. The Hall–Kier alpha value is -1.76. The summed E-state index contributed by atoms with van der Waals surface area (Å²) in [5, 5.41) is 2.72. The fourth-order valence-corrected chi connectivity index (χ4v) is 2.36. The van der Waals surface area contributed by atoms with Gasteiger partial charge in [0.2, 0.25) is 0 Å². The zero-order chi connectivity index (χ0) is 17.4. The number of ether oxygens (including phenoxy) is 1. The van der Waals surface area contributed by atoms with Gasteiger partial charge in [-0.15, -0.1) is 11.3 Å². The number of esters is 1. The van der Waals surface area contributed by atoms with Crippen LogP contribution in [0.2, 0.25) is 19.6 Å². The normalized spacial score (nSPS) is 13.1. The van der Waals surface area contributed by atoms with Crippen LogP contribution in [0.4, 0.5) is 0 Å². The van der Waals surface area contributed by atoms with Crippen LogP contribution in [-0.4, -0.2) is 32.6 Å². The van der Waals surface area contributed by atoms with Crippen molar-refractivity contribution in [2.24, 2.45) is 5.92 Å². The molecule has 1 N–H and O–H groups in total. The highest BCUT2D eigenvalue weighted by atomic mass is 28.3. The molecule has 0 aromatic rings. The number of methoxy groups -OCH3 is 1. The summed E-state index contributed by atoms with van der Waals surface area (Å²) >= 11 is 0. The van der Waals surface area contributed by atoms with Crippen LogP contribution >= 0.6 is 0 Å². The Labute approximate surface area is 135 Å². The lowest BCUT2D eigenvalue weighted by Crippen LogP contribution is -2.54. The lowest BCUT2D eigenvalue weighted by atomic mass is 9.88. The summed E-state index contributed by atoms with van der Waals surface area (Å²) in [6.45, 7) is 11.9. The van der Waals surface area contributed by atoms with Gasteiger partial charge in [0, 0.05) is 0 Å². The molecule has 0 aliphatic heterocycles. The summed E-state index contributed by atoms with van der Waals surface area (Å²) in [5.74, 6) is 1.80. The predicted molar refractivity (Wildman–Crippen MR) is 91.8 cm³/mol. The van der Waals surface area contributed by atoms with Gasteiger partial charge >= 0.3 is 5.97 Å². The highest BCUT2D eigenvalue weighted by Gasteiger charge is 2.39. The molecule has 0 fully saturated rings. The van der Waals surface area contributed by atoms with E-state index in [2.05, 4.69) is 42.2 Å². The quantitative estimate of drug-likeness (QED) is 0.366. The molecule has 122 valence electrons. The van der Waals surface area contributed by atoms with E-state index in [9.17, 15) is 9.59 Å². The second kappa shape index (κ2) is 8.62. The molecular weight excluding hydrogens is 294 g/mol. The van der Waals surface area contributed by atoms with Crippen molar-refractivity contribution in [3.05, 3.63) is 17.9 Å². The molecule has 0 bridgehead atoms. The molecule has 1 atom stereocenters. The Morgan fingerprint density at radius 3 is 2.32 bits per heavy atom. The lowest BCUT2D eigenvalue weighted by Gasteiger charge is -2.29. The fraction of sp³-hybridized carbons (Fsp3) is 0.588. The number of hydrogen-bond acceptors (Lipinski definition) is 3. The van der Waals surface area contributed by atoms with Crippen molar-refractivity contribution in [3.8, 4) is 11.5 Å². The van der Waals surface area contributed by atoms with Crippen molar-refractivity contribution in [1.82, 2.24) is 5.32 Å². The van der Waals surface area contributed by atoms with E-state index >= 15 is 0 Å². The van der Waals surface area contributed by atoms with Crippen LogP contribution in [0.5, 0.6) is 0 Å². The van der Waals surface area contributed by atoms with E-state index in [1.807, 2.05) is 13.8 Å². The van der Waals surface area contributed by atoms with Gasteiger partial charge < -0.3 is 10.1 Å². The molecule has 5 heteroatoms. The van der Waals surface area contributed by atoms with Crippen molar-refractivity contribution in [2.45, 2.75) is 52.4 Å². The first-order chi connectivity index (χ1) is 10.1. The number of hydrogen-bond donors (Lipinski definition) is 1. The molecule has 0 spiro atoms. The maximum absolute atomic E-state index is 12.3. The zero-order valence-electron chi connectivity index (χ0n) is 14.7. The molecule has 22 heavy (non-hydrogen) atoms. The van der Waals surface area contributed by atoms with Crippen molar-refractivity contribution in [1.29, 1.82) is 0 Å². The Morgan fingerprint density at radius 1 is 1.32 bits per heavy atom. The minimum absolute atomic E-state index is 0.180. The average Bonchev–Trinajstić information content (AvgIpc) is 2.40. The van der Waals surface area contributed by atoms with E-state index < -0.39 is 25.5 Å². The van der Waals surface area contributed by atoms with Crippen LogP contribution < -0.4 is 5.32 Å². The Bertz CT molecular complexity index is 524. The van der Waals surface area contributed by atoms with Gasteiger partial charge in [0.25, 0.3) is 5.91 Å². The van der Waals surface area contributed by atoms with Crippen molar-refractivity contribution in [2.75, 3.05) is 7.11 Å². The molecular formula is C17H27NO3Si. The number of amides is 1. The van der Waals surface area contributed by atoms with E-state index in [-0.39, 0.29) is 5.92 Å². The third kappa shape index (κ3) is 7.30. The lowest BCUT2D eigenvalue weighted by molar-refractivity contribution is -0.148. The predicted octanol–water partition coefficient (Wildman–Crippen LogP) is 2.67. The molecule has 0 saturated heterocycles. The van der Waals surface area contributed by atoms with Gasteiger partial charge in [0.05, 0.1) is 7.11 Å². The number of carbonyl (C=O) groups excluding carboxylic acids is 2. The number of carbonyl (C=O) groups is 2. The number of nitrogens with one attached hydrogen (secondary N) is 1. The van der Waals surface area contributed by atoms with Gasteiger partial charge in [-0.25, -0.2) is 4.79 Å². The number of rotatable bonds is 5. The molecule has 0 radical (unpaired) electrons. The van der Waals surface area contributed by atoms with Crippen LogP contribution in [0.1, 0.15) is 27.2 Å². The van der Waals surface area contributed by atoms with Crippen molar-refractivity contribution >= 4 is 20.0 Å². The summed E-state index contributed by atoms with van der Waals surface area (Å²) in [7, 11) is -0.352. The first-order valence-corrected chi connectivity index (χ1v) is 10.9. The van der Waals surface area contributed by atoms with Crippen molar-refractivity contribution < 1.29 is 14.3 Å². The highest BCUT2D eigenvalue weighted by molar-refractivity contribution is 6.84. The van der Waals surface area contributed by atoms with Crippen LogP contribution in [0.15, 0.2) is 17.9 Å². The fourth-order valence-electron chi connectivity index (χ4n) is 1.87. The van der Waals surface area contributed by atoms with E-state index in [1.165, 1.54) is 7.11 Å². The Kier molecular flexibility index (Phi) is 7.93. The first-order valence-electron chi connectivity index (χ1n) is 7.38. The second-order valence-electron chi connectivity index (χ2n) is 6.61. The van der Waals surface area contributed by atoms with Crippen molar-refractivity contribution in [3.63, 3.8) is 0 Å². The van der Waals surface area contributed by atoms with Crippen LogP contribution in [-0.2, 0) is 14.3 Å². The summed E-state index contributed by atoms with van der Waals surface area (Å²) in [5.41, 5.74) is 4.64. The third-order valence-corrected chi connectivity index (χ3v) is 3.54. The Morgan fingerprint density at radius 2 is 1.91 bits per heavy atom. The standard InChI is InChI=1S/C17H27NO3Si/c1-8-9-11-17(13-14(2)3,16(20)21-4)18-15(19)10-12-22(5,6)7/h8,11,14H,13H2,1-7H3,(H,18,19). The van der Waals surface area contributed by atoms with Crippen LogP contribution in [0.3, 0.4) is 0 Å². The molecule has 0 aliphatic rings. The molecule has 0 aliphatic carbocycles. The molecule has 0 aromatic carbocycles. The third-order valence-electron chi connectivity index (χ3n) is 2.66. The molecule has 0 heterocycles. The van der Waals surface area contributed by atoms with Gasteiger partial charge in [-0.3, -0.25) is 4.79 Å². The Balaban J connectivity index is 5.63. The maximum Gasteiger partial charge on any atom is 0.336 e. The molecule has 0 saturated carbocycles. The smallest absolute Gasteiger partial charge is 0.336 e. The molecule has 1 amide bonds. The zero-order valence-corrected chi connectivity index (χ0v) is 15.7. The summed E-state index contributed by atoms with van der Waals surface area (Å²) in [6, 6.07) is 0. The molecule has 0 rings (SSSR count). The van der Waals surface area contributed by atoms with E-state index in [0.29, 0.717) is 6.42 Å². The topological polar surface area (TPSA) is 55.4 Å². The van der Waals surface area contributed by atoms with Gasteiger partial charge in [-0.1, -0.05) is 33.5 Å². The molecule has 1 unspecified atom stereocenters. The average molecular weight is 321 g/mol. The van der Waals surface area contributed by atoms with Gasteiger partial charge in [-0.05, 0) is 37.3 Å². The van der Waals surface area contributed by atoms with Crippen LogP contribution in [0.25, 0.3) is 0 Å². The maximum atomic E-state index is 12.3. The summed E-state index contributed by atoms with van der Waals surface area (Å²) in [6.07, 6.45) is 3.64. The van der Waals surface area contributed by atoms with Gasteiger partial charge in [0.15, 0.2) is 5.54 Å². The highest BCUT2D eigenvalue weighted by Crippen LogP contribution is 2.20. The minimum Gasteiger partial charge on any atom is -0.467 e.